The van der Waals surface area contributed by atoms with Crippen molar-refractivity contribution in [1.29, 1.82) is 0 Å². The molecule has 4 atom stereocenters. The molecule has 0 aromatic rings. The largest absolute Gasteiger partial charge is 0.480 e. The van der Waals surface area contributed by atoms with Gasteiger partial charge in [-0.05, 0) is 43.6 Å². The molecule has 1 saturated heterocycles. The molecular formula is C19H34N4O6S. The van der Waals surface area contributed by atoms with Gasteiger partial charge in [0.25, 0.3) is 0 Å². The molecule has 6 N–H and O–H groups in total. The van der Waals surface area contributed by atoms with Crippen LogP contribution in [0.25, 0.3) is 0 Å². The summed E-state index contributed by atoms with van der Waals surface area (Å²) >= 11 is 1.50. The number of amides is 3. The van der Waals surface area contributed by atoms with Gasteiger partial charge in [-0.2, -0.15) is 11.8 Å². The van der Waals surface area contributed by atoms with E-state index in [2.05, 4.69) is 10.6 Å². The molecule has 1 heterocycles. The van der Waals surface area contributed by atoms with Gasteiger partial charge >= 0.3 is 5.97 Å². The first-order chi connectivity index (χ1) is 14.1. The van der Waals surface area contributed by atoms with Gasteiger partial charge in [0.1, 0.15) is 24.2 Å². The quantitative estimate of drug-likeness (QED) is 0.259. The second kappa shape index (κ2) is 12.8. The zero-order valence-corrected chi connectivity index (χ0v) is 18.6. The maximum absolute atomic E-state index is 12.8. The van der Waals surface area contributed by atoms with Crippen LogP contribution in [0.2, 0.25) is 0 Å². The number of thioether (sulfide) groups is 1. The van der Waals surface area contributed by atoms with Gasteiger partial charge in [-0.3, -0.25) is 14.4 Å². The Kier molecular flexibility index (Phi) is 11.1. The van der Waals surface area contributed by atoms with Crippen LogP contribution >= 0.6 is 11.8 Å². The second-order valence-corrected chi connectivity index (χ2v) is 8.84. The number of aliphatic hydroxyl groups excluding tert-OH is 1. The van der Waals surface area contributed by atoms with Crippen molar-refractivity contribution in [1.82, 2.24) is 15.5 Å². The highest BCUT2D eigenvalue weighted by Gasteiger charge is 2.37. The first-order valence-corrected chi connectivity index (χ1v) is 11.5. The van der Waals surface area contributed by atoms with E-state index in [1.807, 2.05) is 20.1 Å². The molecule has 0 aliphatic carbocycles. The molecule has 1 aliphatic heterocycles. The minimum Gasteiger partial charge on any atom is -0.480 e. The van der Waals surface area contributed by atoms with Gasteiger partial charge in [0.05, 0.1) is 6.61 Å². The molecule has 0 saturated carbocycles. The minimum atomic E-state index is -1.13. The number of hydrogen-bond acceptors (Lipinski definition) is 7. The van der Waals surface area contributed by atoms with Gasteiger partial charge in [-0.25, -0.2) is 4.79 Å². The summed E-state index contributed by atoms with van der Waals surface area (Å²) in [6.07, 6.45) is 3.50. The Morgan fingerprint density at radius 2 is 1.87 bits per heavy atom. The third-order valence-electron chi connectivity index (χ3n) is 4.92. The van der Waals surface area contributed by atoms with E-state index in [1.54, 1.807) is 0 Å². The molecule has 0 bridgehead atoms. The van der Waals surface area contributed by atoms with Gasteiger partial charge in [0.15, 0.2) is 0 Å². The Morgan fingerprint density at radius 3 is 2.40 bits per heavy atom. The summed E-state index contributed by atoms with van der Waals surface area (Å²) in [5, 5.41) is 23.7. The average Bonchev–Trinajstić information content (AvgIpc) is 3.18. The van der Waals surface area contributed by atoms with Gasteiger partial charge in [0.2, 0.25) is 17.7 Å². The van der Waals surface area contributed by atoms with E-state index < -0.39 is 54.5 Å². The number of likely N-dealkylation sites (tertiary alicyclic amines) is 1. The number of hydrogen-bond donors (Lipinski definition) is 5. The second-order valence-electron chi connectivity index (χ2n) is 7.85. The smallest absolute Gasteiger partial charge is 0.326 e. The fraction of sp³-hybridized carbons (Fsp3) is 0.789. The molecule has 4 unspecified atom stereocenters. The van der Waals surface area contributed by atoms with Crippen LogP contribution in [0.4, 0.5) is 0 Å². The number of nitrogens with one attached hydrogen (secondary N) is 2. The Labute approximate surface area is 181 Å². The summed E-state index contributed by atoms with van der Waals surface area (Å²) in [6, 6.07) is -3.83. The lowest BCUT2D eigenvalue weighted by atomic mass is 10.0. The molecule has 1 aliphatic rings. The van der Waals surface area contributed by atoms with Crippen LogP contribution in [-0.2, 0) is 19.2 Å². The molecule has 11 heteroatoms. The molecule has 1 rings (SSSR count). The first kappa shape index (κ1) is 26.2. The summed E-state index contributed by atoms with van der Waals surface area (Å²) < 4.78 is 0. The zero-order chi connectivity index (χ0) is 22.8. The number of carboxylic acid groups (broad SMARTS) is 1. The molecule has 1 fully saturated rings. The van der Waals surface area contributed by atoms with Gasteiger partial charge in [0, 0.05) is 6.54 Å². The molecule has 0 aromatic heterocycles. The van der Waals surface area contributed by atoms with Crippen LogP contribution in [-0.4, -0.2) is 88.1 Å². The monoisotopic (exact) mass is 446 g/mol. The predicted molar refractivity (Wildman–Crippen MR) is 114 cm³/mol. The van der Waals surface area contributed by atoms with Crippen molar-refractivity contribution in [2.45, 2.75) is 63.7 Å². The summed E-state index contributed by atoms with van der Waals surface area (Å²) in [5.74, 6) is -2.03. The van der Waals surface area contributed by atoms with Crippen LogP contribution < -0.4 is 16.4 Å². The lowest BCUT2D eigenvalue weighted by molar-refractivity contribution is -0.143. The average molecular weight is 447 g/mol. The Balaban J connectivity index is 2.87. The molecule has 3 amide bonds. The van der Waals surface area contributed by atoms with Gasteiger partial charge in [-0.15, -0.1) is 0 Å². The van der Waals surface area contributed by atoms with Crippen molar-refractivity contribution in [3.63, 3.8) is 0 Å². The summed E-state index contributed by atoms with van der Waals surface area (Å²) in [7, 11) is 0. The summed E-state index contributed by atoms with van der Waals surface area (Å²) in [5.41, 5.74) is 5.60. The standard InChI is InChI=1S/C19H34N4O6S/c1-11(2)9-14(19(28)29)22-16(25)13(6-8-30-3)21-17(26)15-5-4-7-23(15)18(27)12(20)10-24/h11-15,24H,4-10,20H2,1-3H3,(H,21,26)(H,22,25)(H,28,29). The fourth-order valence-corrected chi connectivity index (χ4v) is 3.80. The number of carboxylic acids is 1. The van der Waals surface area contributed by atoms with Crippen LogP contribution in [0, 0.1) is 5.92 Å². The maximum atomic E-state index is 12.8. The number of aliphatic carboxylic acids is 1. The van der Waals surface area contributed by atoms with Crippen molar-refractivity contribution in [3.8, 4) is 0 Å². The molecule has 0 spiro atoms. The number of nitrogens with two attached hydrogens (primary N) is 1. The van der Waals surface area contributed by atoms with Crippen LogP contribution in [0.1, 0.15) is 39.5 Å². The highest BCUT2D eigenvalue weighted by Crippen LogP contribution is 2.19. The molecule has 0 radical (unpaired) electrons. The topological polar surface area (TPSA) is 162 Å². The number of carbonyl (C=O) groups excluding carboxylic acids is 3. The molecule has 30 heavy (non-hydrogen) atoms. The molecule has 0 aromatic carbocycles. The third kappa shape index (κ3) is 7.77. The highest BCUT2D eigenvalue weighted by molar-refractivity contribution is 7.98. The SMILES string of the molecule is CSCCC(NC(=O)C1CCCN1C(=O)C(N)CO)C(=O)NC(CC(C)C)C(=O)O. The van der Waals surface area contributed by atoms with E-state index in [4.69, 9.17) is 10.8 Å². The van der Waals surface area contributed by atoms with E-state index in [0.29, 0.717) is 31.6 Å². The van der Waals surface area contributed by atoms with E-state index in [-0.39, 0.29) is 12.3 Å². The van der Waals surface area contributed by atoms with Gasteiger partial charge in [-0.1, -0.05) is 13.8 Å². The van der Waals surface area contributed by atoms with Crippen molar-refractivity contribution < 1.29 is 29.4 Å². The predicted octanol–water partition coefficient (Wildman–Crippen LogP) is -0.850. The van der Waals surface area contributed by atoms with Gasteiger partial charge < -0.3 is 31.5 Å². The third-order valence-corrected chi connectivity index (χ3v) is 5.56. The van der Waals surface area contributed by atoms with Crippen LogP contribution in [0.15, 0.2) is 0 Å². The molecule has 10 nitrogen and oxygen atoms in total. The van der Waals surface area contributed by atoms with Crippen molar-refractivity contribution in [2.75, 3.05) is 25.2 Å². The fourth-order valence-electron chi connectivity index (χ4n) is 3.33. The number of nitrogens with zero attached hydrogens (tertiary/aromatic N) is 1. The zero-order valence-electron chi connectivity index (χ0n) is 17.8. The van der Waals surface area contributed by atoms with Crippen molar-refractivity contribution >= 4 is 35.5 Å². The Bertz CT molecular complexity index is 618. The highest BCUT2D eigenvalue weighted by atomic mass is 32.2. The van der Waals surface area contributed by atoms with E-state index >= 15 is 0 Å². The lowest BCUT2D eigenvalue weighted by Crippen LogP contribution is -2.57. The number of carbonyl (C=O) groups is 4. The summed E-state index contributed by atoms with van der Waals surface area (Å²) in [6.45, 7) is 3.55. The first-order valence-electron chi connectivity index (χ1n) is 10.1. The molecule has 172 valence electrons. The minimum absolute atomic E-state index is 0.0689. The normalized spacial score (nSPS) is 19.3. The number of rotatable bonds is 12. The van der Waals surface area contributed by atoms with E-state index in [1.165, 1.54) is 16.7 Å². The Morgan fingerprint density at radius 1 is 1.20 bits per heavy atom. The van der Waals surface area contributed by atoms with E-state index in [9.17, 15) is 24.3 Å². The van der Waals surface area contributed by atoms with Crippen molar-refractivity contribution in [3.05, 3.63) is 0 Å². The maximum Gasteiger partial charge on any atom is 0.326 e. The van der Waals surface area contributed by atoms with Crippen molar-refractivity contribution in [2.24, 2.45) is 11.7 Å². The van der Waals surface area contributed by atoms with Crippen LogP contribution in [0.5, 0.6) is 0 Å². The van der Waals surface area contributed by atoms with E-state index in [0.717, 1.165) is 0 Å². The van der Waals surface area contributed by atoms with Crippen LogP contribution in [0.3, 0.4) is 0 Å². The Hall–Kier alpha value is -1.85. The molecular weight excluding hydrogens is 412 g/mol. The summed E-state index contributed by atoms with van der Waals surface area (Å²) in [4.78, 5) is 50.7. The lowest BCUT2D eigenvalue weighted by Gasteiger charge is -2.28. The number of aliphatic hydroxyl groups is 1.